The van der Waals surface area contributed by atoms with Gasteiger partial charge in [-0.15, -0.1) is 0 Å². The lowest BCUT2D eigenvalue weighted by molar-refractivity contribution is -0.129. The van der Waals surface area contributed by atoms with Gasteiger partial charge in [0.25, 0.3) is 0 Å². The van der Waals surface area contributed by atoms with Crippen LogP contribution in [-0.4, -0.2) is 22.8 Å². The molecule has 0 aromatic heterocycles. The number of Topliss-reactive ketones (excluding diaryl/α,β-unsaturated/α-hetero) is 1. The van der Waals surface area contributed by atoms with Gasteiger partial charge in [-0.3, -0.25) is 9.59 Å². The summed E-state index contributed by atoms with van der Waals surface area (Å²) in [5.41, 5.74) is 0.643. The third-order valence-corrected chi connectivity index (χ3v) is 7.63. The zero-order valence-corrected chi connectivity index (χ0v) is 18.0. The Kier molecular flexibility index (Phi) is 5.39. The second-order valence-electron chi connectivity index (χ2n) is 8.87. The number of aromatic hydroxyl groups is 1. The number of ether oxygens (including phenoxy) is 1. The number of phenols is 1. The van der Waals surface area contributed by atoms with Crippen molar-refractivity contribution in [2.45, 2.75) is 65.9 Å². The fraction of sp³-hybridized carbons (Fsp3) is 0.565. The van der Waals surface area contributed by atoms with E-state index in [0.29, 0.717) is 53.4 Å². The van der Waals surface area contributed by atoms with Crippen molar-refractivity contribution < 1.29 is 19.4 Å². The Morgan fingerprint density at radius 3 is 2.54 bits per heavy atom. The molecule has 5 heteroatoms. The number of allylic oxidation sites excluding steroid dienone is 1. The van der Waals surface area contributed by atoms with E-state index < -0.39 is 5.60 Å². The van der Waals surface area contributed by atoms with Crippen LogP contribution in [0.15, 0.2) is 12.2 Å². The van der Waals surface area contributed by atoms with Crippen LogP contribution in [-0.2, 0) is 11.2 Å². The molecule has 2 aliphatic rings. The Bertz CT molecular complexity index is 859. The highest BCUT2D eigenvalue weighted by Crippen LogP contribution is 2.48. The van der Waals surface area contributed by atoms with Crippen molar-refractivity contribution in [3.63, 3.8) is 0 Å². The number of fused-ring (bicyclic) bond motifs is 1. The predicted molar refractivity (Wildman–Crippen MR) is 110 cm³/mol. The Labute approximate surface area is 171 Å². The largest absolute Gasteiger partial charge is 0.506 e. The molecule has 1 aliphatic heterocycles. The van der Waals surface area contributed by atoms with Crippen LogP contribution in [0.4, 0.5) is 0 Å². The summed E-state index contributed by atoms with van der Waals surface area (Å²) in [6.07, 6.45) is 7.66. The van der Waals surface area contributed by atoms with Crippen LogP contribution in [0.25, 0.3) is 0 Å². The van der Waals surface area contributed by atoms with Crippen LogP contribution in [0.5, 0.6) is 11.5 Å². The van der Waals surface area contributed by atoms with Crippen molar-refractivity contribution in [2.75, 3.05) is 0 Å². The van der Waals surface area contributed by atoms with Crippen molar-refractivity contribution in [1.82, 2.24) is 0 Å². The molecule has 3 rings (SSSR count). The molecular weight excluding hydrogens is 376 g/mol. The molecule has 1 aromatic rings. The lowest BCUT2D eigenvalue weighted by atomic mass is 9.61. The second kappa shape index (κ2) is 7.22. The summed E-state index contributed by atoms with van der Waals surface area (Å²) in [4.78, 5) is 24.0. The third kappa shape index (κ3) is 3.26. The molecule has 1 aliphatic carbocycles. The van der Waals surface area contributed by atoms with Gasteiger partial charge in [0.05, 0.1) is 10.6 Å². The minimum Gasteiger partial charge on any atom is -0.506 e. The summed E-state index contributed by atoms with van der Waals surface area (Å²) >= 11 is 6.19. The van der Waals surface area contributed by atoms with Crippen LogP contribution >= 0.6 is 11.6 Å². The van der Waals surface area contributed by atoms with Crippen molar-refractivity contribution in [3.05, 3.63) is 33.9 Å². The molecule has 28 heavy (non-hydrogen) atoms. The van der Waals surface area contributed by atoms with Crippen molar-refractivity contribution in [1.29, 1.82) is 0 Å². The van der Waals surface area contributed by atoms with Crippen molar-refractivity contribution >= 4 is 23.7 Å². The highest BCUT2D eigenvalue weighted by Gasteiger charge is 2.43. The van der Waals surface area contributed by atoms with E-state index in [-0.39, 0.29) is 22.1 Å². The monoisotopic (exact) mass is 404 g/mol. The van der Waals surface area contributed by atoms with Crippen molar-refractivity contribution in [2.24, 2.45) is 17.3 Å². The summed E-state index contributed by atoms with van der Waals surface area (Å²) in [7, 11) is 0. The highest BCUT2D eigenvalue weighted by atomic mass is 35.5. The van der Waals surface area contributed by atoms with E-state index in [1.807, 2.05) is 19.9 Å². The molecule has 1 unspecified atom stereocenters. The van der Waals surface area contributed by atoms with Gasteiger partial charge in [0.2, 0.25) is 0 Å². The Hall–Kier alpha value is -1.81. The topological polar surface area (TPSA) is 63.6 Å². The highest BCUT2D eigenvalue weighted by molar-refractivity contribution is 6.33. The Balaban J connectivity index is 1.97. The van der Waals surface area contributed by atoms with Gasteiger partial charge < -0.3 is 9.84 Å². The number of hydrogen-bond acceptors (Lipinski definition) is 4. The third-order valence-electron chi connectivity index (χ3n) is 7.17. The number of benzene rings is 1. The first kappa shape index (κ1) is 20.9. The molecule has 0 bridgehead atoms. The van der Waals surface area contributed by atoms with Crippen LogP contribution in [0.2, 0.25) is 5.02 Å². The number of halogens is 1. The number of carbonyl (C=O) groups is 2. The number of aldehydes is 1. The quantitative estimate of drug-likeness (QED) is 0.537. The van der Waals surface area contributed by atoms with Gasteiger partial charge in [-0.05, 0) is 56.1 Å². The molecule has 1 saturated carbocycles. The normalized spacial score (nSPS) is 32.9. The molecule has 1 N–H and O–H groups in total. The number of rotatable bonds is 3. The molecule has 4 nitrogen and oxygen atoms in total. The van der Waals surface area contributed by atoms with E-state index in [1.54, 1.807) is 6.92 Å². The van der Waals surface area contributed by atoms with E-state index in [0.717, 1.165) is 12.7 Å². The second-order valence-corrected chi connectivity index (χ2v) is 9.25. The van der Waals surface area contributed by atoms with Gasteiger partial charge in [-0.2, -0.15) is 0 Å². The molecule has 1 heterocycles. The average molecular weight is 405 g/mol. The smallest absolute Gasteiger partial charge is 0.154 e. The number of carbonyl (C=O) groups excluding carboxylic acids is 2. The van der Waals surface area contributed by atoms with Crippen molar-refractivity contribution in [3.8, 4) is 11.5 Å². The van der Waals surface area contributed by atoms with Crippen LogP contribution in [0.1, 0.15) is 68.4 Å². The maximum Gasteiger partial charge on any atom is 0.154 e. The molecule has 0 radical (unpaired) electrons. The number of phenolic OH excluding ortho intramolecular Hbond substituents is 1. The molecule has 0 amide bonds. The first-order valence-corrected chi connectivity index (χ1v) is 10.3. The molecule has 1 fully saturated rings. The van der Waals surface area contributed by atoms with E-state index in [1.165, 1.54) is 0 Å². The molecule has 0 spiro atoms. The minimum absolute atomic E-state index is 0.00196. The first-order valence-electron chi connectivity index (χ1n) is 9.95. The van der Waals surface area contributed by atoms with Gasteiger partial charge in [-0.1, -0.05) is 38.4 Å². The fourth-order valence-corrected chi connectivity index (χ4v) is 4.67. The summed E-state index contributed by atoms with van der Waals surface area (Å²) in [5, 5.41) is 10.6. The van der Waals surface area contributed by atoms with Crippen LogP contribution in [0.3, 0.4) is 0 Å². The van der Waals surface area contributed by atoms with Gasteiger partial charge in [-0.25, -0.2) is 0 Å². The van der Waals surface area contributed by atoms with Gasteiger partial charge in [0.15, 0.2) is 6.29 Å². The predicted octanol–water partition coefficient (Wildman–Crippen LogP) is 5.45. The lowest BCUT2D eigenvalue weighted by Crippen LogP contribution is -2.41. The SMILES string of the molecule is Cc1c(Cl)c(O)c2c(c1C=O)OC(C)(/C=C/[C@@]1(C)[C@H](C)CCC(=O)[C@@H]1C)CC2. The van der Waals surface area contributed by atoms with E-state index >= 15 is 0 Å². The summed E-state index contributed by atoms with van der Waals surface area (Å²) in [5.74, 6) is 1.08. The Morgan fingerprint density at radius 1 is 1.21 bits per heavy atom. The van der Waals surface area contributed by atoms with Gasteiger partial charge in [0, 0.05) is 17.9 Å². The summed E-state index contributed by atoms with van der Waals surface area (Å²) in [6, 6.07) is 0. The van der Waals surface area contributed by atoms with E-state index in [9.17, 15) is 14.7 Å². The number of ketones is 1. The van der Waals surface area contributed by atoms with E-state index in [4.69, 9.17) is 16.3 Å². The summed E-state index contributed by atoms with van der Waals surface area (Å²) in [6.45, 7) is 10.0. The average Bonchev–Trinajstić information content (AvgIpc) is 2.67. The maximum atomic E-state index is 12.3. The van der Waals surface area contributed by atoms with Crippen LogP contribution < -0.4 is 4.74 Å². The van der Waals surface area contributed by atoms with Crippen LogP contribution in [0, 0.1) is 24.2 Å². The molecular formula is C23H29ClO4. The van der Waals surface area contributed by atoms with Gasteiger partial charge >= 0.3 is 0 Å². The molecule has 4 atom stereocenters. The lowest BCUT2D eigenvalue weighted by Gasteiger charge is -2.43. The zero-order chi connectivity index (χ0) is 20.9. The number of hydrogen-bond donors (Lipinski definition) is 1. The fourth-order valence-electron chi connectivity index (χ4n) is 4.46. The Morgan fingerprint density at radius 2 is 1.89 bits per heavy atom. The minimum atomic E-state index is -0.625. The first-order chi connectivity index (χ1) is 13.0. The molecule has 0 saturated heterocycles. The summed E-state index contributed by atoms with van der Waals surface area (Å²) < 4.78 is 6.27. The zero-order valence-electron chi connectivity index (χ0n) is 17.3. The van der Waals surface area contributed by atoms with E-state index in [2.05, 4.69) is 19.9 Å². The maximum absolute atomic E-state index is 12.3. The molecule has 1 aromatic carbocycles. The molecule has 152 valence electrons. The standard InChI is InChI=1S/C23H29ClO4/c1-13-6-7-18(26)15(3)23(13,5)11-10-22(4)9-8-16-20(27)19(24)14(2)17(12-25)21(16)28-22/h10-13,15,27H,6-9H2,1-5H3/b11-10+/t13-,15+,22?,23+/m1/s1. The van der Waals surface area contributed by atoms with Gasteiger partial charge in [0.1, 0.15) is 22.9 Å².